The minimum Gasteiger partial charge on any atom is -0.462 e. The van der Waals surface area contributed by atoms with Crippen LogP contribution < -0.4 is 5.32 Å². The number of nitrogens with one attached hydrogen (secondary N) is 1. The van der Waals surface area contributed by atoms with E-state index in [1.54, 1.807) is 6.92 Å². The molecule has 1 unspecified atom stereocenters. The van der Waals surface area contributed by atoms with Crippen LogP contribution in [0.5, 0.6) is 0 Å². The van der Waals surface area contributed by atoms with E-state index >= 15 is 0 Å². The van der Waals surface area contributed by atoms with Gasteiger partial charge in [0.05, 0.1) is 18.1 Å². The van der Waals surface area contributed by atoms with Crippen molar-refractivity contribution >= 4 is 28.2 Å². The molecular formula is C20H25NO3S. The van der Waals surface area contributed by atoms with Gasteiger partial charge in [0, 0.05) is 4.88 Å². The minimum atomic E-state index is -0.369. The number of anilines is 1. The molecule has 1 N–H and O–H groups in total. The van der Waals surface area contributed by atoms with Gasteiger partial charge < -0.3 is 10.1 Å². The fraction of sp³-hybridized carbons (Fsp3) is 0.400. The van der Waals surface area contributed by atoms with Crippen molar-refractivity contribution in [1.82, 2.24) is 0 Å². The van der Waals surface area contributed by atoms with Crippen LogP contribution >= 0.6 is 11.3 Å². The van der Waals surface area contributed by atoms with Gasteiger partial charge in [-0.1, -0.05) is 44.2 Å². The van der Waals surface area contributed by atoms with Crippen LogP contribution in [0.15, 0.2) is 30.3 Å². The smallest absolute Gasteiger partial charge is 0.341 e. The molecule has 0 aliphatic carbocycles. The predicted molar refractivity (Wildman–Crippen MR) is 102 cm³/mol. The van der Waals surface area contributed by atoms with E-state index < -0.39 is 0 Å². The van der Waals surface area contributed by atoms with Crippen LogP contribution in [0.3, 0.4) is 0 Å². The molecule has 0 saturated carbocycles. The summed E-state index contributed by atoms with van der Waals surface area (Å²) in [7, 11) is 0. The van der Waals surface area contributed by atoms with Gasteiger partial charge in [0.1, 0.15) is 5.00 Å². The molecule has 0 saturated heterocycles. The lowest BCUT2D eigenvalue weighted by Crippen LogP contribution is -2.21. The first-order chi connectivity index (χ1) is 12.0. The first-order valence-corrected chi connectivity index (χ1v) is 9.50. The van der Waals surface area contributed by atoms with Gasteiger partial charge in [0.15, 0.2) is 0 Å². The first-order valence-electron chi connectivity index (χ1n) is 8.68. The molecule has 5 heteroatoms. The Kier molecular flexibility index (Phi) is 6.76. The summed E-state index contributed by atoms with van der Waals surface area (Å²) in [4.78, 5) is 26.2. The zero-order valence-electron chi connectivity index (χ0n) is 15.2. The largest absolute Gasteiger partial charge is 0.462 e. The lowest BCUT2D eigenvalue weighted by atomic mass is 9.95. The number of rotatable bonds is 7. The third-order valence-corrected chi connectivity index (χ3v) is 5.27. The maximum atomic E-state index is 12.8. The number of hydrogen-bond donors (Lipinski definition) is 1. The molecule has 1 heterocycles. The highest BCUT2D eigenvalue weighted by molar-refractivity contribution is 7.16. The fourth-order valence-electron chi connectivity index (χ4n) is 2.97. The van der Waals surface area contributed by atoms with Crippen LogP contribution in [-0.4, -0.2) is 18.5 Å². The van der Waals surface area contributed by atoms with Crippen LogP contribution in [-0.2, 0) is 16.0 Å². The van der Waals surface area contributed by atoms with Crippen molar-refractivity contribution in [1.29, 1.82) is 0 Å². The number of aryl methyl sites for hydroxylation is 1. The highest BCUT2D eigenvalue weighted by atomic mass is 32.1. The SMILES string of the molecule is CCOC(=O)c1c(NC(=O)C(CC)c2ccccc2)sc(C)c1CC. The normalized spacial score (nSPS) is 11.8. The number of ether oxygens (including phenoxy) is 1. The average molecular weight is 359 g/mol. The standard InChI is InChI=1S/C20H25NO3S/c1-5-15-13(4)25-19(17(15)20(23)24-7-3)21-18(22)16(6-2)14-11-9-8-10-12-14/h8-12,16H,5-7H2,1-4H3,(H,21,22). The molecule has 4 nitrogen and oxygen atoms in total. The summed E-state index contributed by atoms with van der Waals surface area (Å²) in [5, 5.41) is 3.56. The summed E-state index contributed by atoms with van der Waals surface area (Å²) in [6, 6.07) is 9.71. The van der Waals surface area contributed by atoms with Crippen molar-refractivity contribution in [3.05, 3.63) is 51.9 Å². The summed E-state index contributed by atoms with van der Waals surface area (Å²) in [5.74, 6) is -0.710. The molecule has 1 aromatic heterocycles. The molecule has 25 heavy (non-hydrogen) atoms. The Morgan fingerprint density at radius 1 is 1.16 bits per heavy atom. The number of amides is 1. The van der Waals surface area contributed by atoms with E-state index in [9.17, 15) is 9.59 Å². The van der Waals surface area contributed by atoms with E-state index in [1.165, 1.54) is 11.3 Å². The molecule has 0 bridgehead atoms. The van der Waals surface area contributed by atoms with E-state index in [0.29, 0.717) is 23.6 Å². The molecule has 1 aromatic carbocycles. The second-order valence-electron chi connectivity index (χ2n) is 5.78. The highest BCUT2D eigenvalue weighted by Crippen LogP contribution is 2.35. The zero-order chi connectivity index (χ0) is 18.4. The van der Waals surface area contributed by atoms with Crippen molar-refractivity contribution in [3.8, 4) is 0 Å². The van der Waals surface area contributed by atoms with E-state index in [2.05, 4.69) is 5.32 Å². The minimum absolute atomic E-state index is 0.0943. The summed E-state index contributed by atoms with van der Waals surface area (Å²) in [6.07, 6.45) is 1.41. The molecule has 134 valence electrons. The van der Waals surface area contributed by atoms with Crippen molar-refractivity contribution in [2.45, 2.75) is 46.5 Å². The van der Waals surface area contributed by atoms with Crippen LogP contribution in [0.4, 0.5) is 5.00 Å². The van der Waals surface area contributed by atoms with Crippen molar-refractivity contribution in [3.63, 3.8) is 0 Å². The average Bonchev–Trinajstić information content (AvgIpc) is 2.91. The second-order valence-corrected chi connectivity index (χ2v) is 7.00. The third-order valence-electron chi connectivity index (χ3n) is 4.21. The monoisotopic (exact) mass is 359 g/mol. The van der Waals surface area contributed by atoms with Gasteiger partial charge in [0.2, 0.25) is 5.91 Å². The topological polar surface area (TPSA) is 55.4 Å². The van der Waals surface area contributed by atoms with Gasteiger partial charge in [0.25, 0.3) is 0 Å². The molecule has 0 aliphatic rings. The Morgan fingerprint density at radius 3 is 2.40 bits per heavy atom. The van der Waals surface area contributed by atoms with Gasteiger partial charge in [-0.15, -0.1) is 11.3 Å². The maximum Gasteiger partial charge on any atom is 0.341 e. The van der Waals surface area contributed by atoms with Gasteiger partial charge in [-0.2, -0.15) is 0 Å². The number of thiophene rings is 1. The van der Waals surface area contributed by atoms with Crippen LogP contribution in [0.2, 0.25) is 0 Å². The maximum absolute atomic E-state index is 12.8. The summed E-state index contributed by atoms with van der Waals surface area (Å²) in [6.45, 7) is 8.05. The molecule has 0 spiro atoms. The third kappa shape index (κ3) is 4.28. The highest BCUT2D eigenvalue weighted by Gasteiger charge is 2.26. The van der Waals surface area contributed by atoms with Crippen molar-refractivity contribution < 1.29 is 14.3 Å². The van der Waals surface area contributed by atoms with E-state index in [0.717, 1.165) is 22.4 Å². The Morgan fingerprint density at radius 2 is 1.84 bits per heavy atom. The predicted octanol–water partition coefficient (Wildman–Crippen LogP) is 4.93. The van der Waals surface area contributed by atoms with Crippen molar-refractivity contribution in [2.75, 3.05) is 11.9 Å². The van der Waals surface area contributed by atoms with E-state index in [4.69, 9.17) is 4.74 Å². The Labute approximate surface area is 153 Å². The van der Waals surface area contributed by atoms with Gasteiger partial charge in [-0.05, 0) is 37.8 Å². The number of carbonyl (C=O) groups excluding carboxylic acids is 2. The van der Waals surface area contributed by atoms with Crippen molar-refractivity contribution in [2.24, 2.45) is 0 Å². The molecule has 0 aliphatic heterocycles. The van der Waals surface area contributed by atoms with E-state index in [1.807, 2.05) is 51.1 Å². The molecule has 1 atom stereocenters. The molecule has 0 fully saturated rings. The summed E-state index contributed by atoms with van der Waals surface area (Å²) in [5.41, 5.74) is 2.43. The second kappa shape index (κ2) is 8.81. The number of benzene rings is 1. The molecule has 2 rings (SSSR count). The fourth-order valence-corrected chi connectivity index (χ4v) is 4.10. The van der Waals surface area contributed by atoms with E-state index in [-0.39, 0.29) is 17.8 Å². The quantitative estimate of drug-likeness (QED) is 0.713. The first kappa shape index (κ1) is 19.2. The van der Waals surface area contributed by atoms with Crippen LogP contribution in [0, 0.1) is 6.92 Å². The number of hydrogen-bond acceptors (Lipinski definition) is 4. The number of carbonyl (C=O) groups is 2. The molecule has 1 amide bonds. The Bertz CT molecular complexity index is 737. The van der Waals surface area contributed by atoms with Gasteiger partial charge in [-0.25, -0.2) is 4.79 Å². The lowest BCUT2D eigenvalue weighted by molar-refractivity contribution is -0.117. The van der Waals surface area contributed by atoms with Gasteiger partial charge >= 0.3 is 5.97 Å². The molecule has 0 radical (unpaired) electrons. The number of esters is 1. The molecular weight excluding hydrogens is 334 g/mol. The summed E-state index contributed by atoms with van der Waals surface area (Å²) < 4.78 is 5.19. The lowest BCUT2D eigenvalue weighted by Gasteiger charge is -2.15. The Balaban J connectivity index is 2.32. The van der Waals surface area contributed by atoms with Crippen LogP contribution in [0.25, 0.3) is 0 Å². The molecule has 2 aromatic rings. The zero-order valence-corrected chi connectivity index (χ0v) is 16.0. The summed E-state index contributed by atoms with van der Waals surface area (Å²) >= 11 is 1.44. The Hall–Kier alpha value is -2.14. The van der Waals surface area contributed by atoms with Gasteiger partial charge in [-0.3, -0.25) is 4.79 Å². The van der Waals surface area contributed by atoms with Crippen LogP contribution in [0.1, 0.15) is 59.5 Å².